The van der Waals surface area contributed by atoms with Crippen molar-refractivity contribution in [3.63, 3.8) is 0 Å². The van der Waals surface area contributed by atoms with Crippen molar-refractivity contribution in [2.24, 2.45) is 0 Å². The van der Waals surface area contributed by atoms with Crippen molar-refractivity contribution in [2.75, 3.05) is 6.54 Å². The standard InChI is InChI=1S/C13H13Cl2N3/c14-10-4-3-9(6-11(10)15)18-8-16-7-13(18)12-2-1-5-17-12/h3-4,6-8,12,17H,1-2,5H2/t12-/m0/s1. The summed E-state index contributed by atoms with van der Waals surface area (Å²) in [4.78, 5) is 4.24. The Morgan fingerprint density at radius 2 is 2.17 bits per heavy atom. The highest BCUT2D eigenvalue weighted by Crippen LogP contribution is 2.28. The number of benzene rings is 1. The van der Waals surface area contributed by atoms with Crippen LogP contribution in [0.5, 0.6) is 0 Å². The third-order valence-corrected chi connectivity index (χ3v) is 4.00. The quantitative estimate of drug-likeness (QED) is 0.912. The minimum Gasteiger partial charge on any atom is -0.309 e. The molecule has 0 bridgehead atoms. The van der Waals surface area contributed by atoms with E-state index in [0.29, 0.717) is 16.1 Å². The van der Waals surface area contributed by atoms with Gasteiger partial charge < -0.3 is 9.88 Å². The molecule has 3 nitrogen and oxygen atoms in total. The third-order valence-electron chi connectivity index (χ3n) is 3.27. The fraction of sp³-hybridized carbons (Fsp3) is 0.308. The van der Waals surface area contributed by atoms with Crippen LogP contribution < -0.4 is 5.32 Å². The average molecular weight is 282 g/mol. The van der Waals surface area contributed by atoms with Gasteiger partial charge in [0.15, 0.2) is 0 Å². The molecule has 5 heteroatoms. The Balaban J connectivity index is 2.00. The first-order valence-electron chi connectivity index (χ1n) is 5.97. The van der Waals surface area contributed by atoms with Crippen LogP contribution >= 0.6 is 23.2 Å². The van der Waals surface area contributed by atoms with Gasteiger partial charge in [0.2, 0.25) is 0 Å². The Labute approximate surface area is 116 Å². The second-order valence-corrected chi connectivity index (χ2v) is 5.25. The molecular formula is C13H13Cl2N3. The molecule has 1 N–H and O–H groups in total. The van der Waals surface area contributed by atoms with Gasteiger partial charge in [-0.05, 0) is 37.6 Å². The SMILES string of the molecule is Clc1ccc(-n2cncc2[C@@H]2CCCN2)cc1Cl. The molecular weight excluding hydrogens is 269 g/mol. The van der Waals surface area contributed by atoms with Gasteiger partial charge in [0, 0.05) is 11.7 Å². The summed E-state index contributed by atoms with van der Waals surface area (Å²) < 4.78 is 2.06. The molecule has 0 spiro atoms. The summed E-state index contributed by atoms with van der Waals surface area (Å²) in [5.41, 5.74) is 2.16. The van der Waals surface area contributed by atoms with Crippen LogP contribution in [0.1, 0.15) is 24.6 Å². The number of rotatable bonds is 2. The molecule has 0 aliphatic carbocycles. The summed E-state index contributed by atoms with van der Waals surface area (Å²) >= 11 is 12.0. The van der Waals surface area contributed by atoms with Gasteiger partial charge in [-0.25, -0.2) is 4.98 Å². The molecule has 3 rings (SSSR count). The van der Waals surface area contributed by atoms with Gasteiger partial charge in [-0.1, -0.05) is 23.2 Å². The summed E-state index contributed by atoms with van der Waals surface area (Å²) in [6.07, 6.45) is 6.07. The van der Waals surface area contributed by atoms with Gasteiger partial charge in [-0.3, -0.25) is 0 Å². The van der Waals surface area contributed by atoms with Crippen molar-refractivity contribution in [3.8, 4) is 5.69 Å². The van der Waals surface area contributed by atoms with Crippen molar-refractivity contribution in [1.29, 1.82) is 0 Å². The van der Waals surface area contributed by atoms with E-state index in [1.165, 1.54) is 12.1 Å². The zero-order valence-corrected chi connectivity index (χ0v) is 11.2. The van der Waals surface area contributed by atoms with Crippen molar-refractivity contribution in [2.45, 2.75) is 18.9 Å². The van der Waals surface area contributed by atoms with Crippen LogP contribution in [0.3, 0.4) is 0 Å². The minimum atomic E-state index is 0.377. The fourth-order valence-electron chi connectivity index (χ4n) is 2.35. The molecule has 1 fully saturated rings. The van der Waals surface area contributed by atoms with E-state index >= 15 is 0 Å². The van der Waals surface area contributed by atoms with E-state index < -0.39 is 0 Å². The fourth-order valence-corrected chi connectivity index (χ4v) is 2.64. The van der Waals surface area contributed by atoms with Gasteiger partial charge >= 0.3 is 0 Å². The molecule has 1 saturated heterocycles. The lowest BCUT2D eigenvalue weighted by Gasteiger charge is -2.14. The monoisotopic (exact) mass is 281 g/mol. The van der Waals surface area contributed by atoms with Crippen molar-refractivity contribution < 1.29 is 0 Å². The van der Waals surface area contributed by atoms with E-state index in [4.69, 9.17) is 23.2 Å². The van der Waals surface area contributed by atoms with E-state index in [9.17, 15) is 0 Å². The Morgan fingerprint density at radius 1 is 1.28 bits per heavy atom. The molecule has 1 aliphatic rings. The van der Waals surface area contributed by atoms with Crippen LogP contribution in [-0.2, 0) is 0 Å². The van der Waals surface area contributed by atoms with E-state index in [2.05, 4.69) is 14.9 Å². The first-order valence-corrected chi connectivity index (χ1v) is 6.72. The largest absolute Gasteiger partial charge is 0.309 e. The zero-order chi connectivity index (χ0) is 12.5. The summed E-state index contributed by atoms with van der Waals surface area (Å²) in [6.45, 7) is 1.07. The van der Waals surface area contributed by atoms with E-state index in [1.807, 2.05) is 30.7 Å². The summed E-state index contributed by atoms with van der Waals surface area (Å²) in [5.74, 6) is 0. The molecule has 1 aromatic heterocycles. The van der Waals surface area contributed by atoms with Crippen molar-refractivity contribution >= 4 is 23.2 Å². The predicted octanol–water partition coefficient (Wildman–Crippen LogP) is 3.60. The molecule has 2 aromatic rings. The maximum Gasteiger partial charge on any atom is 0.0994 e. The molecule has 1 aromatic carbocycles. The highest BCUT2D eigenvalue weighted by atomic mass is 35.5. The summed E-state index contributed by atoms with van der Waals surface area (Å²) in [6, 6.07) is 6.01. The number of halogens is 2. The molecule has 0 amide bonds. The van der Waals surface area contributed by atoms with Crippen LogP contribution in [0.2, 0.25) is 10.0 Å². The molecule has 18 heavy (non-hydrogen) atoms. The lowest BCUT2D eigenvalue weighted by molar-refractivity contribution is 0.615. The van der Waals surface area contributed by atoms with Crippen LogP contribution in [-0.4, -0.2) is 16.1 Å². The molecule has 0 radical (unpaired) electrons. The van der Waals surface area contributed by atoms with Crippen LogP contribution in [0, 0.1) is 0 Å². The Hall–Kier alpha value is -1.03. The first kappa shape index (κ1) is 12.0. The molecule has 0 saturated carbocycles. The van der Waals surface area contributed by atoms with E-state index in [0.717, 1.165) is 18.7 Å². The smallest absolute Gasteiger partial charge is 0.0994 e. The van der Waals surface area contributed by atoms with E-state index in [-0.39, 0.29) is 0 Å². The minimum absolute atomic E-state index is 0.377. The lowest BCUT2D eigenvalue weighted by Crippen LogP contribution is -2.16. The number of hydrogen-bond acceptors (Lipinski definition) is 2. The lowest BCUT2D eigenvalue weighted by atomic mass is 10.1. The average Bonchev–Trinajstić information content (AvgIpc) is 3.00. The second kappa shape index (κ2) is 4.92. The van der Waals surface area contributed by atoms with Gasteiger partial charge in [-0.2, -0.15) is 0 Å². The number of nitrogens with one attached hydrogen (secondary N) is 1. The number of hydrogen-bond donors (Lipinski definition) is 1. The third kappa shape index (κ3) is 2.14. The highest BCUT2D eigenvalue weighted by molar-refractivity contribution is 6.42. The van der Waals surface area contributed by atoms with Crippen molar-refractivity contribution in [1.82, 2.24) is 14.9 Å². The molecule has 1 aliphatic heterocycles. The Kier molecular flexibility index (Phi) is 3.29. The summed E-state index contributed by atoms with van der Waals surface area (Å²) in [7, 11) is 0. The van der Waals surface area contributed by atoms with Gasteiger partial charge in [0.25, 0.3) is 0 Å². The van der Waals surface area contributed by atoms with Crippen LogP contribution in [0.15, 0.2) is 30.7 Å². The number of aromatic nitrogens is 2. The second-order valence-electron chi connectivity index (χ2n) is 4.44. The number of nitrogens with zero attached hydrogens (tertiary/aromatic N) is 2. The van der Waals surface area contributed by atoms with E-state index in [1.54, 1.807) is 0 Å². The maximum absolute atomic E-state index is 6.06. The molecule has 0 unspecified atom stereocenters. The van der Waals surface area contributed by atoms with Crippen LogP contribution in [0.4, 0.5) is 0 Å². The van der Waals surface area contributed by atoms with Crippen molar-refractivity contribution in [3.05, 3.63) is 46.5 Å². The van der Waals surface area contributed by atoms with Gasteiger partial charge in [0.05, 0.1) is 28.3 Å². The number of imidazole rings is 1. The molecule has 1 atom stereocenters. The molecule has 94 valence electrons. The first-order chi connectivity index (χ1) is 8.75. The topological polar surface area (TPSA) is 29.9 Å². The van der Waals surface area contributed by atoms with Crippen LogP contribution in [0.25, 0.3) is 5.69 Å². The Bertz CT molecular complexity index is 559. The highest BCUT2D eigenvalue weighted by Gasteiger charge is 2.20. The van der Waals surface area contributed by atoms with Gasteiger partial charge in [-0.15, -0.1) is 0 Å². The zero-order valence-electron chi connectivity index (χ0n) is 9.74. The summed E-state index contributed by atoms with van der Waals surface area (Å²) in [5, 5.41) is 4.61. The predicted molar refractivity (Wildman–Crippen MR) is 73.6 cm³/mol. The Morgan fingerprint density at radius 3 is 2.89 bits per heavy atom. The normalized spacial score (nSPS) is 19.3. The molecule has 2 heterocycles. The maximum atomic E-state index is 6.06. The van der Waals surface area contributed by atoms with Gasteiger partial charge in [0.1, 0.15) is 0 Å².